The third kappa shape index (κ3) is 5.07. The number of likely N-dealkylation sites (N-methyl/N-ethyl adjacent to an activating group) is 1. The van der Waals surface area contributed by atoms with Crippen molar-refractivity contribution >= 4 is 40.8 Å². The Kier molecular flexibility index (Phi) is 6.24. The van der Waals surface area contributed by atoms with Gasteiger partial charge in [0.2, 0.25) is 5.91 Å². The molecule has 8 heteroatoms. The van der Waals surface area contributed by atoms with Crippen LogP contribution in [0.3, 0.4) is 0 Å². The highest BCUT2D eigenvalue weighted by Gasteiger charge is 2.30. The van der Waals surface area contributed by atoms with Crippen LogP contribution in [0.25, 0.3) is 0 Å². The maximum Gasteiger partial charge on any atom is 0.321 e. The molecule has 1 heterocycles. The van der Waals surface area contributed by atoms with Crippen LogP contribution in [0.15, 0.2) is 18.2 Å². The summed E-state index contributed by atoms with van der Waals surface area (Å²) >= 11 is 11.9. The number of nitrogens with zero attached hydrogens (tertiary/aromatic N) is 2. The van der Waals surface area contributed by atoms with Gasteiger partial charge in [-0.25, -0.2) is 0 Å². The fourth-order valence-electron chi connectivity index (χ4n) is 2.48. The number of hydrogen-bond donors (Lipinski definition) is 2. The quantitative estimate of drug-likeness (QED) is 0.841. The number of carbonyl (C=O) groups excluding carboxylic acids is 1. The normalized spacial score (nSPS) is 17.7. The number of benzene rings is 1. The zero-order valence-electron chi connectivity index (χ0n) is 12.8. The molecule has 1 aromatic rings. The summed E-state index contributed by atoms with van der Waals surface area (Å²) in [5.41, 5.74) is 0.381. The molecule has 0 aliphatic carbocycles. The van der Waals surface area contributed by atoms with Gasteiger partial charge in [-0.2, -0.15) is 0 Å². The van der Waals surface area contributed by atoms with Crippen LogP contribution in [-0.2, 0) is 9.59 Å². The molecular formula is C15H19Cl2N3O3. The first-order chi connectivity index (χ1) is 10.9. The monoisotopic (exact) mass is 359 g/mol. The molecule has 1 fully saturated rings. The average molecular weight is 360 g/mol. The zero-order chi connectivity index (χ0) is 17.0. The van der Waals surface area contributed by atoms with E-state index in [1.165, 1.54) is 6.07 Å². The molecule has 6 nitrogen and oxygen atoms in total. The Hall–Kier alpha value is -1.34. The van der Waals surface area contributed by atoms with E-state index in [9.17, 15) is 14.7 Å². The summed E-state index contributed by atoms with van der Waals surface area (Å²) in [6, 6.07) is 3.88. The Bertz CT molecular complexity index is 589. The molecule has 2 N–H and O–H groups in total. The number of piperazine rings is 1. The molecule has 1 aliphatic rings. The topological polar surface area (TPSA) is 72.9 Å². The van der Waals surface area contributed by atoms with E-state index in [4.69, 9.17) is 23.2 Å². The fraction of sp³-hybridized carbons (Fsp3) is 0.467. The van der Waals surface area contributed by atoms with E-state index in [0.717, 1.165) is 13.1 Å². The molecule has 2 rings (SSSR count). The molecule has 1 aromatic carbocycles. The van der Waals surface area contributed by atoms with Crippen LogP contribution >= 0.6 is 23.2 Å². The van der Waals surface area contributed by atoms with E-state index in [1.807, 2.05) is 11.9 Å². The third-order valence-corrected chi connectivity index (χ3v) is 4.41. The van der Waals surface area contributed by atoms with Crippen LogP contribution < -0.4 is 5.32 Å². The van der Waals surface area contributed by atoms with Gasteiger partial charge in [-0.3, -0.25) is 14.5 Å². The van der Waals surface area contributed by atoms with Gasteiger partial charge >= 0.3 is 5.97 Å². The van der Waals surface area contributed by atoms with Crippen LogP contribution in [0.5, 0.6) is 0 Å². The summed E-state index contributed by atoms with van der Waals surface area (Å²) in [6.07, 6.45) is -0.137. The van der Waals surface area contributed by atoms with Gasteiger partial charge in [-0.1, -0.05) is 23.2 Å². The van der Waals surface area contributed by atoms with Crippen LogP contribution in [0.4, 0.5) is 5.69 Å². The molecule has 126 valence electrons. The minimum absolute atomic E-state index is 0.137. The highest BCUT2D eigenvalue weighted by atomic mass is 35.5. The minimum atomic E-state index is -0.998. The lowest BCUT2D eigenvalue weighted by Gasteiger charge is -2.35. The molecule has 23 heavy (non-hydrogen) atoms. The fourth-order valence-corrected chi connectivity index (χ4v) is 2.81. The Morgan fingerprint density at radius 3 is 2.52 bits per heavy atom. The molecule has 0 unspecified atom stereocenters. The van der Waals surface area contributed by atoms with E-state index in [0.29, 0.717) is 28.8 Å². The van der Waals surface area contributed by atoms with Crippen molar-refractivity contribution in [1.82, 2.24) is 9.80 Å². The van der Waals surface area contributed by atoms with E-state index >= 15 is 0 Å². The van der Waals surface area contributed by atoms with E-state index in [2.05, 4.69) is 10.2 Å². The lowest BCUT2D eigenvalue weighted by molar-refractivity contribution is -0.145. The van der Waals surface area contributed by atoms with Gasteiger partial charge < -0.3 is 15.3 Å². The molecular weight excluding hydrogens is 341 g/mol. The maximum absolute atomic E-state index is 12.2. The van der Waals surface area contributed by atoms with Crippen molar-refractivity contribution < 1.29 is 14.7 Å². The summed E-state index contributed by atoms with van der Waals surface area (Å²) in [5.74, 6) is -1.40. The molecule has 0 saturated carbocycles. The van der Waals surface area contributed by atoms with Gasteiger partial charge in [0.25, 0.3) is 0 Å². The Morgan fingerprint density at radius 2 is 1.91 bits per heavy atom. The summed E-state index contributed by atoms with van der Waals surface area (Å²) < 4.78 is 0. The SMILES string of the molecule is CN1CCN([C@@H](CC(=O)Nc2cc(Cl)ccc2Cl)C(=O)O)CC1. The molecule has 0 bridgehead atoms. The predicted molar refractivity (Wildman–Crippen MR) is 90.2 cm³/mol. The van der Waals surface area contributed by atoms with E-state index in [1.54, 1.807) is 12.1 Å². The molecule has 0 aromatic heterocycles. The van der Waals surface area contributed by atoms with Crippen molar-refractivity contribution in [3.8, 4) is 0 Å². The van der Waals surface area contributed by atoms with Crippen LogP contribution in [0.2, 0.25) is 10.0 Å². The van der Waals surface area contributed by atoms with Crippen molar-refractivity contribution in [3.63, 3.8) is 0 Å². The second-order valence-electron chi connectivity index (χ2n) is 5.57. The standard InChI is InChI=1S/C15H19Cl2N3O3/c1-19-4-6-20(7-5-19)13(15(22)23)9-14(21)18-12-8-10(16)2-3-11(12)17/h2-3,8,13H,4-7,9H2,1H3,(H,18,21)(H,22,23)/t13-/m0/s1. The molecule has 0 radical (unpaired) electrons. The number of aliphatic carboxylic acids is 1. The van der Waals surface area contributed by atoms with Gasteiger partial charge in [0.05, 0.1) is 17.1 Å². The number of hydrogen-bond acceptors (Lipinski definition) is 4. The Morgan fingerprint density at radius 1 is 1.26 bits per heavy atom. The smallest absolute Gasteiger partial charge is 0.321 e. The molecule has 0 spiro atoms. The summed E-state index contributed by atoms with van der Waals surface area (Å²) in [4.78, 5) is 27.6. The molecule has 1 saturated heterocycles. The zero-order valence-corrected chi connectivity index (χ0v) is 14.3. The lowest BCUT2D eigenvalue weighted by Crippen LogP contribution is -2.52. The van der Waals surface area contributed by atoms with Crippen molar-refractivity contribution in [3.05, 3.63) is 28.2 Å². The largest absolute Gasteiger partial charge is 0.480 e. The van der Waals surface area contributed by atoms with E-state index < -0.39 is 17.9 Å². The number of amides is 1. The highest BCUT2D eigenvalue weighted by molar-refractivity contribution is 6.35. The first-order valence-corrected chi connectivity index (χ1v) is 8.02. The number of rotatable bonds is 5. The number of carbonyl (C=O) groups is 2. The highest BCUT2D eigenvalue weighted by Crippen LogP contribution is 2.25. The van der Waals surface area contributed by atoms with Gasteiger partial charge in [-0.15, -0.1) is 0 Å². The number of anilines is 1. The summed E-state index contributed by atoms with van der Waals surface area (Å²) in [7, 11) is 1.99. The molecule has 1 atom stereocenters. The van der Waals surface area contributed by atoms with Crippen molar-refractivity contribution in [2.24, 2.45) is 0 Å². The Labute approximate surface area is 145 Å². The second kappa shape index (κ2) is 7.97. The first-order valence-electron chi connectivity index (χ1n) is 7.27. The van der Waals surface area contributed by atoms with Gasteiger partial charge in [0, 0.05) is 31.2 Å². The van der Waals surface area contributed by atoms with Crippen molar-refractivity contribution in [1.29, 1.82) is 0 Å². The molecule has 1 amide bonds. The number of nitrogens with one attached hydrogen (secondary N) is 1. The number of carboxylic acid groups (broad SMARTS) is 1. The van der Waals surface area contributed by atoms with Crippen LogP contribution in [-0.4, -0.2) is 66.1 Å². The predicted octanol–water partition coefficient (Wildman–Crippen LogP) is 2.02. The molecule has 1 aliphatic heterocycles. The third-order valence-electron chi connectivity index (χ3n) is 3.84. The Balaban J connectivity index is 2.00. The minimum Gasteiger partial charge on any atom is -0.480 e. The van der Waals surface area contributed by atoms with Gasteiger partial charge in [0.15, 0.2) is 0 Å². The lowest BCUT2D eigenvalue weighted by atomic mass is 10.1. The van der Waals surface area contributed by atoms with E-state index in [-0.39, 0.29) is 6.42 Å². The first kappa shape index (κ1) is 18.0. The van der Waals surface area contributed by atoms with Crippen molar-refractivity contribution in [2.45, 2.75) is 12.5 Å². The van der Waals surface area contributed by atoms with Gasteiger partial charge in [-0.05, 0) is 25.2 Å². The maximum atomic E-state index is 12.2. The van der Waals surface area contributed by atoms with Crippen LogP contribution in [0, 0.1) is 0 Å². The van der Waals surface area contributed by atoms with Crippen molar-refractivity contribution in [2.75, 3.05) is 38.5 Å². The summed E-state index contributed by atoms with van der Waals surface area (Å²) in [6.45, 7) is 2.81. The van der Waals surface area contributed by atoms with Crippen LogP contribution in [0.1, 0.15) is 6.42 Å². The average Bonchev–Trinajstić information content (AvgIpc) is 2.49. The van der Waals surface area contributed by atoms with Gasteiger partial charge in [0.1, 0.15) is 6.04 Å². The second-order valence-corrected chi connectivity index (χ2v) is 6.41. The number of halogens is 2. The number of carboxylic acids is 1. The summed E-state index contributed by atoms with van der Waals surface area (Å²) in [5, 5.41) is 12.9.